The summed E-state index contributed by atoms with van der Waals surface area (Å²) in [4.78, 5) is 37.8. The average molecular weight is 382 g/mol. The molecule has 3 aromatic carbocycles. The predicted molar refractivity (Wildman–Crippen MR) is 104 cm³/mol. The third-order valence-electron chi connectivity index (χ3n) is 4.60. The van der Waals surface area contributed by atoms with Crippen LogP contribution in [0.2, 0.25) is 0 Å². The lowest BCUT2D eigenvalue weighted by Crippen LogP contribution is -2.36. The van der Waals surface area contributed by atoms with E-state index in [2.05, 4.69) is 6.07 Å². The van der Waals surface area contributed by atoms with Crippen molar-refractivity contribution in [3.05, 3.63) is 89.5 Å². The average Bonchev–Trinajstić information content (AvgIpc) is 2.99. The molecule has 1 aliphatic rings. The van der Waals surface area contributed by atoms with Crippen molar-refractivity contribution >= 4 is 17.8 Å². The second kappa shape index (κ2) is 7.41. The van der Waals surface area contributed by atoms with Gasteiger partial charge in [0.2, 0.25) is 0 Å². The summed E-state index contributed by atoms with van der Waals surface area (Å²) < 4.78 is 5.27. The van der Waals surface area contributed by atoms with Crippen LogP contribution in [0.15, 0.2) is 72.8 Å². The van der Waals surface area contributed by atoms with Crippen LogP contribution in [0.1, 0.15) is 26.3 Å². The lowest BCUT2D eigenvalue weighted by Gasteiger charge is -2.13. The second-order valence-corrected chi connectivity index (χ2v) is 6.43. The number of carbonyl (C=O) groups excluding carboxylic acids is 3. The number of fused-ring (bicyclic) bond motifs is 1. The number of carbonyl (C=O) groups is 3. The number of amides is 2. The van der Waals surface area contributed by atoms with E-state index in [0.29, 0.717) is 11.3 Å². The number of rotatable bonds is 4. The summed E-state index contributed by atoms with van der Waals surface area (Å²) in [6.45, 7) is -0.455. The molecule has 0 fully saturated rings. The molecule has 0 spiro atoms. The first kappa shape index (κ1) is 18.1. The van der Waals surface area contributed by atoms with Gasteiger partial charge in [-0.2, -0.15) is 5.26 Å². The van der Waals surface area contributed by atoms with Gasteiger partial charge < -0.3 is 4.74 Å². The minimum atomic E-state index is -0.703. The topological polar surface area (TPSA) is 87.5 Å². The fraction of sp³-hybridized carbons (Fsp3) is 0.0435. The molecule has 4 rings (SSSR count). The van der Waals surface area contributed by atoms with Crippen LogP contribution in [-0.4, -0.2) is 29.2 Å². The molecule has 0 atom stereocenters. The molecular formula is C23H14N2O4. The van der Waals surface area contributed by atoms with Crippen LogP contribution in [0.3, 0.4) is 0 Å². The Morgan fingerprint density at radius 1 is 0.828 bits per heavy atom. The molecule has 0 N–H and O–H groups in total. The summed E-state index contributed by atoms with van der Waals surface area (Å²) in [5, 5.41) is 8.86. The van der Waals surface area contributed by atoms with Crippen LogP contribution in [0.4, 0.5) is 0 Å². The molecule has 0 unspecified atom stereocenters. The number of benzene rings is 3. The number of esters is 1. The van der Waals surface area contributed by atoms with Gasteiger partial charge in [0, 0.05) is 0 Å². The van der Waals surface area contributed by atoms with Crippen LogP contribution in [0.25, 0.3) is 11.1 Å². The van der Waals surface area contributed by atoms with Crippen LogP contribution < -0.4 is 4.74 Å². The van der Waals surface area contributed by atoms with E-state index in [1.165, 1.54) is 0 Å². The molecule has 0 saturated heterocycles. The molecule has 1 heterocycles. The molecule has 2 amide bonds. The Balaban J connectivity index is 1.42. The van der Waals surface area contributed by atoms with Crippen molar-refractivity contribution in [1.29, 1.82) is 5.26 Å². The van der Waals surface area contributed by atoms with E-state index in [1.54, 1.807) is 60.7 Å². The largest absolute Gasteiger partial charge is 0.425 e. The molecule has 1 aliphatic heterocycles. The van der Waals surface area contributed by atoms with Gasteiger partial charge in [-0.25, -0.2) is 4.79 Å². The Morgan fingerprint density at radius 2 is 1.34 bits per heavy atom. The zero-order valence-corrected chi connectivity index (χ0v) is 15.2. The maximum atomic E-state index is 12.3. The maximum Gasteiger partial charge on any atom is 0.331 e. The molecular weight excluding hydrogens is 368 g/mol. The van der Waals surface area contributed by atoms with Crippen molar-refractivity contribution in [1.82, 2.24) is 4.90 Å². The predicted octanol–water partition coefficient (Wildman–Crippen LogP) is 3.43. The number of hydrogen-bond acceptors (Lipinski definition) is 5. The SMILES string of the molecule is N#Cc1ccc(-c2ccc(OC(=O)CN3C(=O)c4ccccc4C3=O)cc2)cc1. The number of imide groups is 1. The van der Waals surface area contributed by atoms with E-state index in [1.807, 2.05) is 12.1 Å². The van der Waals surface area contributed by atoms with E-state index >= 15 is 0 Å². The third-order valence-corrected chi connectivity index (χ3v) is 4.60. The Hall–Kier alpha value is -4.24. The molecule has 0 bridgehead atoms. The lowest BCUT2D eigenvalue weighted by atomic mass is 10.0. The lowest BCUT2D eigenvalue weighted by molar-refractivity contribution is -0.134. The van der Waals surface area contributed by atoms with E-state index in [4.69, 9.17) is 10.00 Å². The summed E-state index contributed by atoms with van der Waals surface area (Å²) in [5.74, 6) is -1.40. The highest BCUT2D eigenvalue weighted by molar-refractivity contribution is 6.22. The van der Waals surface area contributed by atoms with Crippen molar-refractivity contribution < 1.29 is 19.1 Å². The van der Waals surface area contributed by atoms with Gasteiger partial charge in [-0.3, -0.25) is 14.5 Å². The van der Waals surface area contributed by atoms with Crippen LogP contribution in [0, 0.1) is 11.3 Å². The van der Waals surface area contributed by atoms with Gasteiger partial charge in [0.05, 0.1) is 22.8 Å². The third kappa shape index (κ3) is 3.49. The first-order valence-electron chi connectivity index (χ1n) is 8.83. The molecule has 29 heavy (non-hydrogen) atoms. The van der Waals surface area contributed by atoms with Gasteiger partial charge in [-0.1, -0.05) is 36.4 Å². The molecule has 0 aromatic heterocycles. The Labute approximate surface area is 166 Å². The van der Waals surface area contributed by atoms with E-state index < -0.39 is 24.3 Å². The Morgan fingerprint density at radius 3 is 1.86 bits per heavy atom. The Bertz CT molecular complexity index is 1120. The minimum Gasteiger partial charge on any atom is -0.425 e. The zero-order chi connectivity index (χ0) is 20.4. The van der Waals surface area contributed by atoms with Crippen molar-refractivity contribution in [3.63, 3.8) is 0 Å². The summed E-state index contributed by atoms with van der Waals surface area (Å²) in [6.07, 6.45) is 0. The van der Waals surface area contributed by atoms with Crippen molar-refractivity contribution in [2.45, 2.75) is 0 Å². The molecule has 3 aromatic rings. The fourth-order valence-electron chi connectivity index (χ4n) is 3.13. The van der Waals surface area contributed by atoms with Gasteiger partial charge >= 0.3 is 5.97 Å². The first-order chi connectivity index (χ1) is 14.1. The summed E-state index contributed by atoms with van der Waals surface area (Å²) in [7, 11) is 0. The fourth-order valence-corrected chi connectivity index (χ4v) is 3.13. The number of hydrogen-bond donors (Lipinski definition) is 0. The smallest absolute Gasteiger partial charge is 0.331 e. The summed E-state index contributed by atoms with van der Waals surface area (Å²) in [6, 6.07) is 22.5. The maximum absolute atomic E-state index is 12.3. The number of nitrogens with zero attached hydrogens (tertiary/aromatic N) is 2. The number of nitriles is 1. The molecule has 140 valence electrons. The molecule has 0 aliphatic carbocycles. The Kier molecular flexibility index (Phi) is 4.63. The zero-order valence-electron chi connectivity index (χ0n) is 15.2. The quantitative estimate of drug-likeness (QED) is 0.392. The molecule has 6 heteroatoms. The van der Waals surface area contributed by atoms with Crippen LogP contribution in [0.5, 0.6) is 5.75 Å². The highest BCUT2D eigenvalue weighted by Crippen LogP contribution is 2.24. The molecule has 0 radical (unpaired) electrons. The van der Waals surface area contributed by atoms with E-state index in [0.717, 1.165) is 16.0 Å². The normalized spacial score (nSPS) is 12.4. The van der Waals surface area contributed by atoms with Crippen LogP contribution >= 0.6 is 0 Å². The second-order valence-electron chi connectivity index (χ2n) is 6.43. The highest BCUT2D eigenvalue weighted by Gasteiger charge is 2.36. The minimum absolute atomic E-state index is 0.289. The molecule has 0 saturated carbocycles. The van der Waals surface area contributed by atoms with E-state index in [-0.39, 0.29) is 11.1 Å². The summed E-state index contributed by atoms with van der Waals surface area (Å²) in [5.41, 5.74) is 2.98. The molecule has 6 nitrogen and oxygen atoms in total. The summed E-state index contributed by atoms with van der Waals surface area (Å²) >= 11 is 0. The first-order valence-corrected chi connectivity index (χ1v) is 8.83. The van der Waals surface area contributed by atoms with Gasteiger partial charge in [0.1, 0.15) is 12.3 Å². The van der Waals surface area contributed by atoms with Crippen molar-refractivity contribution in [2.75, 3.05) is 6.54 Å². The monoisotopic (exact) mass is 382 g/mol. The van der Waals surface area contributed by atoms with Crippen molar-refractivity contribution in [3.8, 4) is 22.9 Å². The van der Waals surface area contributed by atoms with Crippen molar-refractivity contribution in [2.24, 2.45) is 0 Å². The van der Waals surface area contributed by atoms with E-state index in [9.17, 15) is 14.4 Å². The van der Waals surface area contributed by atoms with Gasteiger partial charge in [-0.15, -0.1) is 0 Å². The van der Waals surface area contributed by atoms with Gasteiger partial charge in [0.25, 0.3) is 11.8 Å². The van der Waals surface area contributed by atoms with Gasteiger partial charge in [0.15, 0.2) is 0 Å². The van der Waals surface area contributed by atoms with Crippen LogP contribution in [-0.2, 0) is 4.79 Å². The highest BCUT2D eigenvalue weighted by atomic mass is 16.5. The van der Waals surface area contributed by atoms with Gasteiger partial charge in [-0.05, 0) is 47.5 Å². The standard InChI is InChI=1S/C23H14N2O4/c24-13-15-5-7-16(8-6-15)17-9-11-18(12-10-17)29-21(26)14-25-22(27)19-3-1-2-4-20(19)23(25)28/h1-12H,14H2. The number of ether oxygens (including phenoxy) is 1.